The van der Waals surface area contributed by atoms with Crippen LogP contribution in [0.15, 0.2) is 16.6 Å². The van der Waals surface area contributed by atoms with Crippen molar-refractivity contribution < 1.29 is 13.5 Å². The quantitative estimate of drug-likeness (QED) is 0.889. The van der Waals surface area contributed by atoms with Gasteiger partial charge in [0, 0.05) is 29.2 Å². The first-order chi connectivity index (χ1) is 8.78. The van der Waals surface area contributed by atoms with Gasteiger partial charge in [-0.2, -0.15) is 0 Å². The van der Waals surface area contributed by atoms with Crippen molar-refractivity contribution >= 4 is 25.8 Å². The number of phenols is 1. The fraction of sp³-hybridized carbons (Fsp3) is 0.538. The Bertz CT molecular complexity index is 586. The fourth-order valence-electron chi connectivity index (χ4n) is 2.41. The molecule has 1 unspecified atom stereocenters. The normalized spacial score (nSPS) is 23.4. The van der Waals surface area contributed by atoms with E-state index in [4.69, 9.17) is 0 Å². The topological polar surface area (TPSA) is 57.6 Å². The van der Waals surface area contributed by atoms with Gasteiger partial charge in [0.05, 0.1) is 11.5 Å². The third-order valence-electron chi connectivity index (χ3n) is 3.53. The van der Waals surface area contributed by atoms with E-state index in [-0.39, 0.29) is 17.5 Å². The van der Waals surface area contributed by atoms with E-state index in [1.54, 1.807) is 0 Å². The van der Waals surface area contributed by atoms with Crippen LogP contribution in [0.5, 0.6) is 5.75 Å². The Hall–Kier alpha value is -0.590. The van der Waals surface area contributed by atoms with Crippen LogP contribution in [-0.4, -0.2) is 42.5 Å². The SMILES string of the molecule is Cc1cc(Br)cc(CN2CCS(=O)(=O)CC2C)c1O. The molecule has 1 N–H and O–H groups in total. The molecule has 0 aromatic heterocycles. The smallest absolute Gasteiger partial charge is 0.153 e. The van der Waals surface area contributed by atoms with Crippen LogP contribution in [0.25, 0.3) is 0 Å². The van der Waals surface area contributed by atoms with Gasteiger partial charge in [0.15, 0.2) is 9.84 Å². The van der Waals surface area contributed by atoms with E-state index < -0.39 is 9.84 Å². The van der Waals surface area contributed by atoms with Gasteiger partial charge in [-0.25, -0.2) is 8.42 Å². The standard InChI is InChI=1S/C13H18BrNO3S/c1-9-5-12(14)6-11(13(9)16)7-15-3-4-19(17,18)8-10(15)2/h5-6,10,16H,3-4,7-8H2,1-2H3. The maximum Gasteiger partial charge on any atom is 0.153 e. The predicted molar refractivity (Wildman–Crippen MR) is 79.1 cm³/mol. The average molecular weight is 348 g/mol. The summed E-state index contributed by atoms with van der Waals surface area (Å²) < 4.78 is 24.0. The van der Waals surface area contributed by atoms with E-state index >= 15 is 0 Å². The summed E-state index contributed by atoms with van der Waals surface area (Å²) in [4.78, 5) is 2.10. The number of nitrogens with zero attached hydrogens (tertiary/aromatic N) is 1. The fourth-order valence-corrected chi connectivity index (χ4v) is 4.66. The van der Waals surface area contributed by atoms with Crippen LogP contribution in [0.1, 0.15) is 18.1 Å². The second-order valence-corrected chi connectivity index (χ2v) is 8.31. The molecule has 1 heterocycles. The highest BCUT2D eigenvalue weighted by Crippen LogP contribution is 2.28. The van der Waals surface area contributed by atoms with Crippen molar-refractivity contribution in [1.82, 2.24) is 4.90 Å². The highest BCUT2D eigenvalue weighted by Gasteiger charge is 2.28. The Morgan fingerprint density at radius 3 is 2.79 bits per heavy atom. The van der Waals surface area contributed by atoms with Crippen LogP contribution in [0.2, 0.25) is 0 Å². The Morgan fingerprint density at radius 1 is 1.47 bits per heavy atom. The number of aryl methyl sites for hydroxylation is 1. The lowest BCUT2D eigenvalue weighted by Crippen LogP contribution is -2.46. The first-order valence-electron chi connectivity index (χ1n) is 6.21. The number of rotatable bonds is 2. The molecule has 0 aliphatic carbocycles. The van der Waals surface area contributed by atoms with Crippen LogP contribution >= 0.6 is 15.9 Å². The van der Waals surface area contributed by atoms with Gasteiger partial charge in [-0.05, 0) is 31.5 Å². The Morgan fingerprint density at radius 2 is 2.16 bits per heavy atom. The zero-order valence-corrected chi connectivity index (χ0v) is 13.5. The zero-order chi connectivity index (χ0) is 14.2. The number of aromatic hydroxyl groups is 1. The summed E-state index contributed by atoms with van der Waals surface area (Å²) >= 11 is 3.42. The summed E-state index contributed by atoms with van der Waals surface area (Å²) in [6.45, 7) is 4.86. The highest BCUT2D eigenvalue weighted by molar-refractivity contribution is 9.10. The summed E-state index contributed by atoms with van der Waals surface area (Å²) in [6.07, 6.45) is 0. The molecule has 0 amide bonds. The number of benzene rings is 1. The van der Waals surface area contributed by atoms with Gasteiger partial charge in [0.25, 0.3) is 0 Å². The molecule has 1 saturated heterocycles. The molecular formula is C13H18BrNO3S. The van der Waals surface area contributed by atoms with Crippen molar-refractivity contribution in [3.8, 4) is 5.75 Å². The molecule has 4 nitrogen and oxygen atoms in total. The third-order valence-corrected chi connectivity index (χ3v) is 5.78. The molecule has 106 valence electrons. The van der Waals surface area contributed by atoms with Crippen LogP contribution < -0.4 is 0 Å². The van der Waals surface area contributed by atoms with Gasteiger partial charge >= 0.3 is 0 Å². The molecule has 0 saturated carbocycles. The van der Waals surface area contributed by atoms with Crippen molar-refractivity contribution in [2.24, 2.45) is 0 Å². The number of hydrogen-bond acceptors (Lipinski definition) is 4. The maximum absolute atomic E-state index is 11.6. The van der Waals surface area contributed by atoms with Crippen molar-refractivity contribution in [3.63, 3.8) is 0 Å². The van der Waals surface area contributed by atoms with Crippen LogP contribution in [0, 0.1) is 6.92 Å². The lowest BCUT2D eigenvalue weighted by molar-refractivity contribution is 0.215. The van der Waals surface area contributed by atoms with E-state index in [2.05, 4.69) is 20.8 Å². The molecule has 6 heteroatoms. The first kappa shape index (κ1) is 14.8. The predicted octanol–water partition coefficient (Wildman–Crippen LogP) is 2.08. The van der Waals surface area contributed by atoms with Crippen molar-refractivity contribution in [1.29, 1.82) is 0 Å². The Kier molecular flexibility index (Phi) is 4.23. The molecule has 1 fully saturated rings. The van der Waals surface area contributed by atoms with Gasteiger partial charge in [0.1, 0.15) is 5.75 Å². The summed E-state index contributed by atoms with van der Waals surface area (Å²) in [5.41, 5.74) is 1.65. The minimum absolute atomic E-state index is 0.0163. The second-order valence-electron chi connectivity index (χ2n) is 5.16. The molecule has 0 radical (unpaired) electrons. The molecule has 1 aromatic carbocycles. The van der Waals surface area contributed by atoms with E-state index in [1.165, 1.54) is 0 Å². The second kappa shape index (κ2) is 5.42. The number of hydrogen-bond donors (Lipinski definition) is 1. The van der Waals surface area contributed by atoms with Crippen LogP contribution in [-0.2, 0) is 16.4 Å². The van der Waals surface area contributed by atoms with Crippen molar-refractivity contribution in [2.45, 2.75) is 26.4 Å². The highest BCUT2D eigenvalue weighted by atomic mass is 79.9. The number of halogens is 1. The number of sulfone groups is 1. The third kappa shape index (κ3) is 3.49. The number of phenolic OH excluding ortho intramolecular Hbond substituents is 1. The Labute approximate surface area is 122 Å². The summed E-state index contributed by atoms with van der Waals surface area (Å²) in [7, 11) is -2.90. The van der Waals surface area contributed by atoms with E-state index in [0.29, 0.717) is 18.8 Å². The lowest BCUT2D eigenvalue weighted by Gasteiger charge is -2.33. The molecule has 0 bridgehead atoms. The molecule has 2 rings (SSSR count). The summed E-state index contributed by atoms with van der Waals surface area (Å²) in [5.74, 6) is 0.690. The zero-order valence-electron chi connectivity index (χ0n) is 11.1. The molecule has 1 atom stereocenters. The van der Waals surface area contributed by atoms with Crippen molar-refractivity contribution in [2.75, 3.05) is 18.1 Å². The van der Waals surface area contributed by atoms with E-state index in [9.17, 15) is 13.5 Å². The summed E-state index contributed by atoms with van der Waals surface area (Å²) in [5, 5.41) is 10.1. The van der Waals surface area contributed by atoms with Crippen molar-refractivity contribution in [3.05, 3.63) is 27.7 Å². The molecule has 19 heavy (non-hydrogen) atoms. The van der Waals surface area contributed by atoms with Crippen LogP contribution in [0.3, 0.4) is 0 Å². The summed E-state index contributed by atoms with van der Waals surface area (Å²) in [6, 6.07) is 3.73. The average Bonchev–Trinajstić information content (AvgIpc) is 2.28. The van der Waals surface area contributed by atoms with Gasteiger partial charge < -0.3 is 5.11 Å². The largest absolute Gasteiger partial charge is 0.507 e. The molecule has 1 aromatic rings. The maximum atomic E-state index is 11.6. The molecule has 1 aliphatic rings. The van der Waals surface area contributed by atoms with Gasteiger partial charge in [0.2, 0.25) is 0 Å². The molecular weight excluding hydrogens is 330 g/mol. The minimum Gasteiger partial charge on any atom is -0.507 e. The van der Waals surface area contributed by atoms with E-state index in [1.807, 2.05) is 26.0 Å². The minimum atomic E-state index is -2.90. The van der Waals surface area contributed by atoms with Gasteiger partial charge in [-0.3, -0.25) is 4.90 Å². The Balaban J connectivity index is 2.18. The first-order valence-corrected chi connectivity index (χ1v) is 8.82. The molecule has 1 aliphatic heterocycles. The van der Waals surface area contributed by atoms with Gasteiger partial charge in [-0.1, -0.05) is 15.9 Å². The lowest BCUT2D eigenvalue weighted by atomic mass is 10.1. The van der Waals surface area contributed by atoms with Crippen LogP contribution in [0.4, 0.5) is 0 Å². The molecule has 0 spiro atoms. The van der Waals surface area contributed by atoms with Gasteiger partial charge in [-0.15, -0.1) is 0 Å². The van der Waals surface area contributed by atoms with E-state index in [0.717, 1.165) is 15.6 Å². The monoisotopic (exact) mass is 347 g/mol.